The van der Waals surface area contributed by atoms with E-state index in [9.17, 15) is 9.18 Å². The normalized spacial score (nSPS) is 21.6. The van der Waals surface area contributed by atoms with Crippen LogP contribution in [0, 0.1) is 11.7 Å². The van der Waals surface area contributed by atoms with Crippen molar-refractivity contribution in [3.05, 3.63) is 36.2 Å². The van der Waals surface area contributed by atoms with Crippen LogP contribution in [0.1, 0.15) is 40.5 Å². The second-order valence-corrected chi connectivity index (χ2v) is 7.58. The maximum absolute atomic E-state index is 14.5. The van der Waals surface area contributed by atoms with Gasteiger partial charge in [-0.1, -0.05) is 12.6 Å². The van der Waals surface area contributed by atoms with Gasteiger partial charge in [0.25, 0.3) is 5.91 Å². The summed E-state index contributed by atoms with van der Waals surface area (Å²) in [5.41, 5.74) is 0.232. The molecular weight excluding hydrogens is 308 g/mol. The SMILES string of the molecule is C=C(C(=O)Nc1ccc(B2OC(C)(C)C(C)(C)O2)c(F)c1)C1CC1. The molecule has 1 heterocycles. The fourth-order valence-electron chi connectivity index (χ4n) is 2.59. The number of halogens is 1. The van der Waals surface area contributed by atoms with Gasteiger partial charge in [0, 0.05) is 16.7 Å². The summed E-state index contributed by atoms with van der Waals surface area (Å²) < 4.78 is 26.2. The molecular formula is C18H23BFNO3. The number of rotatable bonds is 4. The number of carbonyl (C=O) groups is 1. The minimum atomic E-state index is -0.763. The van der Waals surface area contributed by atoms with E-state index >= 15 is 0 Å². The van der Waals surface area contributed by atoms with Crippen LogP contribution in [0.25, 0.3) is 0 Å². The Bertz CT molecular complexity index is 682. The second-order valence-electron chi connectivity index (χ2n) is 7.58. The van der Waals surface area contributed by atoms with Crippen LogP contribution < -0.4 is 10.8 Å². The Balaban J connectivity index is 1.73. The van der Waals surface area contributed by atoms with Crippen molar-refractivity contribution < 1.29 is 18.5 Å². The predicted octanol–water partition coefficient (Wildman–Crippen LogP) is 3.03. The van der Waals surface area contributed by atoms with Crippen LogP contribution >= 0.6 is 0 Å². The topological polar surface area (TPSA) is 47.6 Å². The van der Waals surface area contributed by atoms with Gasteiger partial charge in [-0.3, -0.25) is 4.79 Å². The number of nitrogens with one attached hydrogen (secondary N) is 1. The molecule has 1 aliphatic heterocycles. The molecule has 0 spiro atoms. The molecule has 1 aromatic carbocycles. The highest BCUT2D eigenvalue weighted by Crippen LogP contribution is 2.37. The van der Waals surface area contributed by atoms with Gasteiger partial charge in [0.1, 0.15) is 5.82 Å². The van der Waals surface area contributed by atoms with Gasteiger partial charge in [0.05, 0.1) is 11.2 Å². The fourth-order valence-corrected chi connectivity index (χ4v) is 2.59. The minimum Gasteiger partial charge on any atom is -0.399 e. The lowest BCUT2D eigenvalue weighted by Crippen LogP contribution is -2.41. The third-order valence-corrected chi connectivity index (χ3v) is 5.13. The van der Waals surface area contributed by atoms with E-state index in [0.717, 1.165) is 12.8 Å². The highest BCUT2D eigenvalue weighted by atomic mass is 19.1. The molecule has 0 aromatic heterocycles. The predicted molar refractivity (Wildman–Crippen MR) is 92.6 cm³/mol. The number of amides is 1. The minimum absolute atomic E-state index is 0.250. The van der Waals surface area contributed by atoms with Gasteiger partial charge >= 0.3 is 7.12 Å². The molecule has 0 atom stereocenters. The van der Waals surface area contributed by atoms with Crippen LogP contribution in [0.4, 0.5) is 10.1 Å². The van der Waals surface area contributed by atoms with Gasteiger partial charge in [-0.25, -0.2) is 4.39 Å². The van der Waals surface area contributed by atoms with Crippen molar-refractivity contribution in [2.45, 2.75) is 51.7 Å². The van der Waals surface area contributed by atoms with Crippen LogP contribution in [0.3, 0.4) is 0 Å². The summed E-state index contributed by atoms with van der Waals surface area (Å²) in [7, 11) is -0.763. The molecule has 0 radical (unpaired) electrons. The number of benzene rings is 1. The quantitative estimate of drug-likeness (QED) is 0.681. The smallest absolute Gasteiger partial charge is 0.399 e. The van der Waals surface area contributed by atoms with Crippen molar-refractivity contribution in [1.29, 1.82) is 0 Å². The van der Waals surface area contributed by atoms with E-state index in [4.69, 9.17) is 9.31 Å². The van der Waals surface area contributed by atoms with Crippen LogP contribution in [0.2, 0.25) is 0 Å². The van der Waals surface area contributed by atoms with Gasteiger partial charge in [0.15, 0.2) is 0 Å². The Morgan fingerprint density at radius 2 is 1.83 bits per heavy atom. The largest absolute Gasteiger partial charge is 0.497 e. The van der Waals surface area contributed by atoms with Crippen molar-refractivity contribution in [3.8, 4) is 0 Å². The molecule has 128 valence electrons. The first-order valence-corrected chi connectivity index (χ1v) is 8.26. The molecule has 2 fully saturated rings. The van der Waals surface area contributed by atoms with Crippen molar-refractivity contribution in [2.75, 3.05) is 5.32 Å². The number of carbonyl (C=O) groups excluding carboxylic acids is 1. The molecule has 1 saturated heterocycles. The van der Waals surface area contributed by atoms with E-state index < -0.39 is 24.1 Å². The van der Waals surface area contributed by atoms with E-state index in [1.54, 1.807) is 12.1 Å². The Morgan fingerprint density at radius 3 is 2.33 bits per heavy atom. The van der Waals surface area contributed by atoms with Gasteiger partial charge in [-0.15, -0.1) is 0 Å². The summed E-state index contributed by atoms with van der Waals surface area (Å²) in [6, 6.07) is 4.53. The van der Waals surface area contributed by atoms with Crippen LogP contribution in [0.5, 0.6) is 0 Å². The summed E-state index contributed by atoms with van der Waals surface area (Å²) in [6.45, 7) is 11.5. The molecule has 2 aliphatic rings. The Labute approximate surface area is 142 Å². The zero-order valence-electron chi connectivity index (χ0n) is 14.6. The number of hydrogen-bond acceptors (Lipinski definition) is 3. The average Bonchev–Trinajstić information content (AvgIpc) is 3.26. The van der Waals surface area contributed by atoms with Gasteiger partial charge in [0.2, 0.25) is 0 Å². The summed E-state index contributed by atoms with van der Waals surface area (Å²) >= 11 is 0. The fraction of sp³-hybridized carbons (Fsp3) is 0.500. The molecule has 24 heavy (non-hydrogen) atoms. The molecule has 0 unspecified atom stereocenters. The molecule has 6 heteroatoms. The third kappa shape index (κ3) is 3.13. The molecule has 0 bridgehead atoms. The Morgan fingerprint density at radius 1 is 1.25 bits per heavy atom. The molecule has 4 nitrogen and oxygen atoms in total. The molecule has 1 aromatic rings. The van der Waals surface area contributed by atoms with Crippen LogP contribution in [-0.4, -0.2) is 24.2 Å². The van der Waals surface area contributed by atoms with Crippen molar-refractivity contribution in [2.24, 2.45) is 5.92 Å². The maximum Gasteiger partial charge on any atom is 0.497 e. The van der Waals surface area contributed by atoms with E-state index in [0.29, 0.717) is 16.7 Å². The lowest BCUT2D eigenvalue weighted by Gasteiger charge is -2.32. The number of hydrogen-bond donors (Lipinski definition) is 1. The zero-order chi connectivity index (χ0) is 17.7. The van der Waals surface area contributed by atoms with E-state index in [2.05, 4.69) is 11.9 Å². The first-order chi connectivity index (χ1) is 11.1. The zero-order valence-corrected chi connectivity index (χ0v) is 14.6. The molecule has 1 saturated carbocycles. The first-order valence-electron chi connectivity index (χ1n) is 8.26. The highest BCUT2D eigenvalue weighted by molar-refractivity contribution is 6.62. The lowest BCUT2D eigenvalue weighted by atomic mass is 9.78. The second kappa shape index (κ2) is 5.71. The number of anilines is 1. The van der Waals surface area contributed by atoms with E-state index in [-0.39, 0.29) is 11.8 Å². The standard InChI is InChI=1S/C18H23BFNO3/c1-11(12-6-7-12)16(22)21-13-8-9-14(15(20)10-13)19-23-17(2,3)18(4,5)24-19/h8-10,12H,1,6-7H2,2-5H3,(H,21,22). The molecule has 1 aliphatic carbocycles. The first kappa shape index (κ1) is 17.2. The monoisotopic (exact) mass is 331 g/mol. The third-order valence-electron chi connectivity index (χ3n) is 5.13. The van der Waals surface area contributed by atoms with Gasteiger partial charge in [-0.05, 0) is 58.6 Å². The van der Waals surface area contributed by atoms with Crippen molar-refractivity contribution >= 4 is 24.2 Å². The lowest BCUT2D eigenvalue weighted by molar-refractivity contribution is -0.113. The van der Waals surface area contributed by atoms with Crippen molar-refractivity contribution in [3.63, 3.8) is 0 Å². The average molecular weight is 331 g/mol. The summed E-state index contributed by atoms with van der Waals surface area (Å²) in [5.74, 6) is -0.442. The van der Waals surface area contributed by atoms with Gasteiger partial charge < -0.3 is 14.6 Å². The van der Waals surface area contributed by atoms with Crippen molar-refractivity contribution in [1.82, 2.24) is 0 Å². The van der Waals surface area contributed by atoms with Gasteiger partial charge in [-0.2, -0.15) is 0 Å². The van der Waals surface area contributed by atoms with Crippen LogP contribution in [0.15, 0.2) is 30.4 Å². The molecule has 1 N–H and O–H groups in total. The highest BCUT2D eigenvalue weighted by Gasteiger charge is 2.52. The summed E-state index contributed by atoms with van der Waals surface area (Å²) in [6.07, 6.45) is 2.00. The Kier molecular flexibility index (Phi) is 4.08. The van der Waals surface area contributed by atoms with E-state index in [1.165, 1.54) is 6.07 Å². The molecule has 1 amide bonds. The van der Waals surface area contributed by atoms with Crippen LogP contribution in [-0.2, 0) is 14.1 Å². The van der Waals surface area contributed by atoms with E-state index in [1.807, 2.05) is 27.7 Å². The summed E-state index contributed by atoms with van der Waals surface area (Å²) in [4.78, 5) is 12.0. The Hall–Kier alpha value is -1.66. The summed E-state index contributed by atoms with van der Waals surface area (Å²) in [5, 5.41) is 2.69. The molecule has 3 rings (SSSR count). The maximum atomic E-state index is 14.5.